The smallest absolute Gasteiger partial charge is 0.161 e. The Morgan fingerprint density at radius 3 is 2.35 bits per heavy atom. The summed E-state index contributed by atoms with van der Waals surface area (Å²) in [7, 11) is 0. The van der Waals surface area contributed by atoms with E-state index in [1.54, 1.807) is 11.3 Å². The van der Waals surface area contributed by atoms with Crippen LogP contribution in [0.3, 0.4) is 0 Å². The molecular formula is C16H21NO2S. The van der Waals surface area contributed by atoms with Crippen LogP contribution < -0.4 is 15.2 Å². The third kappa shape index (κ3) is 3.32. The van der Waals surface area contributed by atoms with Gasteiger partial charge in [0.25, 0.3) is 0 Å². The van der Waals surface area contributed by atoms with Crippen LogP contribution in [-0.2, 0) is 0 Å². The Morgan fingerprint density at radius 1 is 1.05 bits per heavy atom. The number of rotatable bonds is 6. The minimum Gasteiger partial charge on any atom is -0.490 e. The predicted octanol–water partition coefficient (Wildman–Crippen LogP) is 3.90. The van der Waals surface area contributed by atoms with Gasteiger partial charge < -0.3 is 15.2 Å². The highest BCUT2D eigenvalue weighted by molar-refractivity contribution is 7.12. The molecule has 0 amide bonds. The van der Waals surface area contributed by atoms with Crippen molar-refractivity contribution >= 4 is 11.3 Å². The first-order chi connectivity index (χ1) is 9.65. The van der Waals surface area contributed by atoms with E-state index in [2.05, 4.69) is 19.1 Å². The molecule has 0 saturated carbocycles. The number of hydrogen-bond acceptors (Lipinski definition) is 4. The van der Waals surface area contributed by atoms with Crippen LogP contribution in [0.1, 0.15) is 35.2 Å². The van der Waals surface area contributed by atoms with Crippen LogP contribution in [0.15, 0.2) is 30.3 Å². The molecule has 2 rings (SSSR count). The van der Waals surface area contributed by atoms with E-state index in [1.165, 1.54) is 4.88 Å². The Balaban J connectivity index is 2.29. The van der Waals surface area contributed by atoms with E-state index in [0.29, 0.717) is 13.2 Å². The van der Waals surface area contributed by atoms with Gasteiger partial charge in [0.2, 0.25) is 0 Å². The van der Waals surface area contributed by atoms with Crippen LogP contribution in [0.2, 0.25) is 0 Å². The zero-order valence-corrected chi connectivity index (χ0v) is 13.0. The molecule has 0 aliphatic rings. The van der Waals surface area contributed by atoms with Crippen molar-refractivity contribution in [2.24, 2.45) is 5.73 Å². The van der Waals surface area contributed by atoms with Crippen LogP contribution in [0, 0.1) is 6.92 Å². The molecule has 0 bridgehead atoms. The minimum atomic E-state index is -0.122. The van der Waals surface area contributed by atoms with Crippen molar-refractivity contribution in [3.63, 3.8) is 0 Å². The lowest BCUT2D eigenvalue weighted by Crippen LogP contribution is -2.10. The molecular weight excluding hydrogens is 270 g/mol. The van der Waals surface area contributed by atoms with Crippen LogP contribution in [0.25, 0.3) is 0 Å². The molecule has 1 aromatic heterocycles. The third-order valence-corrected chi connectivity index (χ3v) is 4.08. The van der Waals surface area contributed by atoms with E-state index in [0.717, 1.165) is 21.9 Å². The fraction of sp³-hybridized carbons (Fsp3) is 0.375. The van der Waals surface area contributed by atoms with Gasteiger partial charge in [-0.3, -0.25) is 0 Å². The molecule has 1 atom stereocenters. The normalized spacial score (nSPS) is 12.2. The summed E-state index contributed by atoms with van der Waals surface area (Å²) in [6.45, 7) is 7.24. The molecule has 0 aliphatic heterocycles. The second kappa shape index (κ2) is 6.77. The Kier molecular flexibility index (Phi) is 5.04. The van der Waals surface area contributed by atoms with Gasteiger partial charge in [0.1, 0.15) is 0 Å². The number of hydrogen-bond donors (Lipinski definition) is 1. The summed E-state index contributed by atoms with van der Waals surface area (Å²) in [4.78, 5) is 2.43. The number of benzene rings is 1. The van der Waals surface area contributed by atoms with Crippen molar-refractivity contribution < 1.29 is 9.47 Å². The maximum Gasteiger partial charge on any atom is 0.161 e. The first-order valence-electron chi connectivity index (χ1n) is 6.87. The second-order valence-corrected chi connectivity index (χ2v) is 5.82. The largest absolute Gasteiger partial charge is 0.490 e. The quantitative estimate of drug-likeness (QED) is 0.878. The number of aryl methyl sites for hydroxylation is 1. The average molecular weight is 291 g/mol. The van der Waals surface area contributed by atoms with Crippen LogP contribution in [-0.4, -0.2) is 13.2 Å². The molecule has 0 fully saturated rings. The summed E-state index contributed by atoms with van der Waals surface area (Å²) < 4.78 is 11.2. The van der Waals surface area contributed by atoms with Crippen LogP contribution in [0.4, 0.5) is 0 Å². The zero-order valence-electron chi connectivity index (χ0n) is 12.2. The fourth-order valence-electron chi connectivity index (χ4n) is 2.05. The topological polar surface area (TPSA) is 44.5 Å². The molecule has 1 aromatic carbocycles. The summed E-state index contributed by atoms with van der Waals surface area (Å²) in [5.74, 6) is 1.53. The van der Waals surface area contributed by atoms with Gasteiger partial charge >= 0.3 is 0 Å². The molecule has 1 heterocycles. The van der Waals surface area contributed by atoms with Gasteiger partial charge in [-0.2, -0.15) is 0 Å². The van der Waals surface area contributed by atoms with Crippen molar-refractivity contribution in [3.8, 4) is 11.5 Å². The fourth-order valence-corrected chi connectivity index (χ4v) is 2.95. The molecule has 0 spiro atoms. The van der Waals surface area contributed by atoms with E-state index in [9.17, 15) is 0 Å². The highest BCUT2D eigenvalue weighted by atomic mass is 32.1. The number of nitrogens with two attached hydrogens (primary N) is 1. The van der Waals surface area contributed by atoms with Crippen molar-refractivity contribution in [2.75, 3.05) is 13.2 Å². The van der Waals surface area contributed by atoms with Crippen LogP contribution in [0.5, 0.6) is 11.5 Å². The highest BCUT2D eigenvalue weighted by Gasteiger charge is 2.14. The van der Waals surface area contributed by atoms with E-state index in [4.69, 9.17) is 15.2 Å². The third-order valence-electron chi connectivity index (χ3n) is 2.99. The Bertz CT molecular complexity index is 565. The van der Waals surface area contributed by atoms with Crippen molar-refractivity contribution in [2.45, 2.75) is 26.8 Å². The SMILES string of the molecule is CCOc1ccc(C(N)c2ccc(C)s2)cc1OCC. The van der Waals surface area contributed by atoms with E-state index in [-0.39, 0.29) is 6.04 Å². The van der Waals surface area contributed by atoms with Gasteiger partial charge in [0.05, 0.1) is 19.3 Å². The lowest BCUT2D eigenvalue weighted by atomic mass is 10.1. The van der Waals surface area contributed by atoms with Gasteiger partial charge in [-0.05, 0) is 50.6 Å². The van der Waals surface area contributed by atoms with Crippen molar-refractivity contribution in [3.05, 3.63) is 45.6 Å². The Labute approximate surface area is 124 Å². The molecule has 108 valence electrons. The van der Waals surface area contributed by atoms with Gasteiger partial charge in [-0.15, -0.1) is 11.3 Å². The second-order valence-electron chi connectivity index (χ2n) is 4.50. The molecule has 3 nitrogen and oxygen atoms in total. The first-order valence-corrected chi connectivity index (χ1v) is 7.68. The van der Waals surface area contributed by atoms with E-state index in [1.807, 2.05) is 32.0 Å². The monoisotopic (exact) mass is 291 g/mol. The van der Waals surface area contributed by atoms with E-state index >= 15 is 0 Å². The molecule has 2 N–H and O–H groups in total. The zero-order chi connectivity index (χ0) is 14.5. The van der Waals surface area contributed by atoms with Gasteiger partial charge in [-0.25, -0.2) is 0 Å². The van der Waals surface area contributed by atoms with E-state index < -0.39 is 0 Å². The maximum absolute atomic E-state index is 6.33. The van der Waals surface area contributed by atoms with Gasteiger partial charge in [0, 0.05) is 9.75 Å². The van der Waals surface area contributed by atoms with Gasteiger partial charge in [0.15, 0.2) is 11.5 Å². The first kappa shape index (κ1) is 14.9. The molecule has 0 radical (unpaired) electrons. The summed E-state index contributed by atoms with van der Waals surface area (Å²) in [5, 5.41) is 0. The lowest BCUT2D eigenvalue weighted by molar-refractivity contribution is 0.287. The summed E-state index contributed by atoms with van der Waals surface area (Å²) in [6, 6.07) is 9.98. The average Bonchev–Trinajstić information content (AvgIpc) is 2.87. The number of thiophene rings is 1. The molecule has 0 aliphatic carbocycles. The van der Waals surface area contributed by atoms with Crippen molar-refractivity contribution in [1.29, 1.82) is 0 Å². The van der Waals surface area contributed by atoms with Crippen molar-refractivity contribution in [1.82, 2.24) is 0 Å². The maximum atomic E-state index is 6.33. The molecule has 2 aromatic rings. The summed E-state index contributed by atoms with van der Waals surface area (Å²) in [6.07, 6.45) is 0. The summed E-state index contributed by atoms with van der Waals surface area (Å²) >= 11 is 1.73. The van der Waals surface area contributed by atoms with Crippen LogP contribution >= 0.6 is 11.3 Å². The molecule has 0 saturated heterocycles. The van der Waals surface area contributed by atoms with Gasteiger partial charge in [-0.1, -0.05) is 6.07 Å². The minimum absolute atomic E-state index is 0.122. The highest BCUT2D eigenvalue weighted by Crippen LogP contribution is 2.33. The molecule has 20 heavy (non-hydrogen) atoms. The predicted molar refractivity (Wildman–Crippen MR) is 83.9 cm³/mol. The Morgan fingerprint density at radius 2 is 1.75 bits per heavy atom. The standard InChI is InChI=1S/C16H21NO2S/c1-4-18-13-8-7-12(10-14(13)19-5-2)16(17)15-9-6-11(3)20-15/h6-10,16H,4-5,17H2,1-3H3. The lowest BCUT2D eigenvalue weighted by Gasteiger charge is -2.15. The summed E-state index contributed by atoms with van der Waals surface area (Å²) in [5.41, 5.74) is 7.37. The Hall–Kier alpha value is -1.52. The number of ether oxygens (including phenoxy) is 2. The molecule has 1 unspecified atom stereocenters. The molecule has 4 heteroatoms.